The fourth-order valence-corrected chi connectivity index (χ4v) is 2.69. The van der Waals surface area contributed by atoms with Gasteiger partial charge in [-0.3, -0.25) is 9.48 Å². The standard InChI is InChI=1S/C22H24N4O3/c1-17(25-22(28)29-16-20-6-3-2-4-7-20)21(27)23-14-18-8-10-19(11-9-18)15-26-13-5-12-24-26/h2-13,17H,14-16H2,1H3,(H,23,27)(H,25,28)/t17-/m0/s1. The van der Waals surface area contributed by atoms with Crippen molar-refractivity contribution in [3.63, 3.8) is 0 Å². The third-order valence-corrected chi connectivity index (χ3v) is 4.33. The van der Waals surface area contributed by atoms with Crippen LogP contribution in [0.15, 0.2) is 73.1 Å². The van der Waals surface area contributed by atoms with E-state index in [1.165, 1.54) is 0 Å². The molecule has 0 spiro atoms. The molecule has 0 aliphatic carbocycles. The Morgan fingerprint density at radius 1 is 1.00 bits per heavy atom. The molecule has 0 radical (unpaired) electrons. The fraction of sp³-hybridized carbons (Fsp3) is 0.227. The van der Waals surface area contributed by atoms with Gasteiger partial charge in [0.2, 0.25) is 5.91 Å². The fourth-order valence-electron chi connectivity index (χ4n) is 2.69. The number of nitrogens with zero attached hydrogens (tertiary/aromatic N) is 2. The number of ether oxygens (including phenoxy) is 1. The van der Waals surface area contributed by atoms with Gasteiger partial charge in [0.15, 0.2) is 0 Å². The lowest BCUT2D eigenvalue weighted by molar-refractivity contribution is -0.122. The van der Waals surface area contributed by atoms with E-state index >= 15 is 0 Å². The maximum Gasteiger partial charge on any atom is 0.408 e. The Kier molecular flexibility index (Phi) is 7.00. The molecule has 3 rings (SSSR count). The number of hydrogen-bond donors (Lipinski definition) is 2. The monoisotopic (exact) mass is 392 g/mol. The molecule has 2 amide bonds. The predicted octanol–water partition coefficient (Wildman–Crippen LogP) is 2.86. The topological polar surface area (TPSA) is 85.2 Å². The van der Waals surface area contributed by atoms with Crippen LogP contribution in [-0.4, -0.2) is 27.8 Å². The molecule has 7 nitrogen and oxygen atoms in total. The molecular formula is C22H24N4O3. The lowest BCUT2D eigenvalue weighted by Gasteiger charge is -2.14. The van der Waals surface area contributed by atoms with Crippen molar-refractivity contribution in [3.8, 4) is 0 Å². The zero-order valence-corrected chi connectivity index (χ0v) is 16.2. The highest BCUT2D eigenvalue weighted by Crippen LogP contribution is 2.06. The third kappa shape index (κ3) is 6.49. The number of amides is 2. The summed E-state index contributed by atoms with van der Waals surface area (Å²) in [6.07, 6.45) is 3.03. The molecule has 0 saturated heterocycles. The second kappa shape index (κ2) is 10.1. The molecule has 2 N–H and O–H groups in total. The van der Waals surface area contributed by atoms with Gasteiger partial charge in [-0.25, -0.2) is 4.79 Å². The Bertz CT molecular complexity index is 909. The minimum atomic E-state index is -0.697. The Morgan fingerprint density at radius 2 is 1.72 bits per heavy atom. The quantitative estimate of drug-likeness (QED) is 0.617. The maximum atomic E-state index is 12.2. The highest BCUT2D eigenvalue weighted by Gasteiger charge is 2.16. The number of alkyl carbamates (subject to hydrolysis) is 1. The number of rotatable bonds is 8. The number of hydrogen-bond acceptors (Lipinski definition) is 4. The molecule has 0 bridgehead atoms. The molecule has 1 aromatic heterocycles. The van der Waals surface area contributed by atoms with Crippen LogP contribution in [0.4, 0.5) is 4.79 Å². The summed E-state index contributed by atoms with van der Waals surface area (Å²) in [7, 11) is 0. The lowest BCUT2D eigenvalue weighted by Crippen LogP contribution is -2.44. The summed E-state index contributed by atoms with van der Waals surface area (Å²) in [6, 6.07) is 18.5. The zero-order chi connectivity index (χ0) is 20.5. The molecule has 0 unspecified atom stereocenters. The molecule has 0 aliphatic heterocycles. The van der Waals surface area contributed by atoms with Gasteiger partial charge in [-0.05, 0) is 29.7 Å². The second-order valence-corrected chi connectivity index (χ2v) is 6.67. The van der Waals surface area contributed by atoms with Crippen molar-refractivity contribution in [2.75, 3.05) is 0 Å². The summed E-state index contributed by atoms with van der Waals surface area (Å²) in [5.41, 5.74) is 2.98. The summed E-state index contributed by atoms with van der Waals surface area (Å²) in [5.74, 6) is -0.276. The van der Waals surface area contributed by atoms with Gasteiger partial charge in [0.1, 0.15) is 12.6 Å². The Labute approximate surface area is 169 Å². The Balaban J connectivity index is 1.39. The smallest absolute Gasteiger partial charge is 0.408 e. The van der Waals surface area contributed by atoms with Crippen LogP contribution in [0, 0.1) is 0 Å². The summed E-state index contributed by atoms with van der Waals surface area (Å²) in [4.78, 5) is 24.1. The van der Waals surface area contributed by atoms with Gasteiger partial charge in [-0.2, -0.15) is 5.10 Å². The van der Waals surface area contributed by atoms with E-state index < -0.39 is 12.1 Å². The first-order chi connectivity index (χ1) is 14.1. The van der Waals surface area contributed by atoms with Gasteiger partial charge >= 0.3 is 6.09 Å². The molecule has 2 aromatic carbocycles. The van der Waals surface area contributed by atoms with E-state index in [0.29, 0.717) is 13.1 Å². The SMILES string of the molecule is C[C@H](NC(=O)OCc1ccccc1)C(=O)NCc1ccc(Cn2cccn2)cc1. The van der Waals surface area contributed by atoms with Crippen LogP contribution in [0.25, 0.3) is 0 Å². The van der Waals surface area contributed by atoms with Crippen molar-refractivity contribution < 1.29 is 14.3 Å². The van der Waals surface area contributed by atoms with E-state index in [0.717, 1.165) is 16.7 Å². The van der Waals surface area contributed by atoms with E-state index in [4.69, 9.17) is 4.74 Å². The number of nitrogens with one attached hydrogen (secondary N) is 2. The highest BCUT2D eigenvalue weighted by molar-refractivity contribution is 5.85. The maximum absolute atomic E-state index is 12.2. The largest absolute Gasteiger partial charge is 0.445 e. The van der Waals surface area contributed by atoms with Crippen molar-refractivity contribution in [2.45, 2.75) is 32.7 Å². The molecule has 7 heteroatoms. The van der Waals surface area contributed by atoms with Gasteiger partial charge in [-0.15, -0.1) is 0 Å². The van der Waals surface area contributed by atoms with E-state index in [1.807, 2.05) is 71.5 Å². The first kappa shape index (κ1) is 20.1. The summed E-state index contributed by atoms with van der Waals surface area (Å²) >= 11 is 0. The van der Waals surface area contributed by atoms with Crippen LogP contribution >= 0.6 is 0 Å². The number of benzene rings is 2. The van der Waals surface area contributed by atoms with Crippen molar-refractivity contribution in [2.24, 2.45) is 0 Å². The molecule has 1 heterocycles. The van der Waals surface area contributed by atoms with Gasteiger partial charge < -0.3 is 15.4 Å². The highest BCUT2D eigenvalue weighted by atomic mass is 16.5. The third-order valence-electron chi connectivity index (χ3n) is 4.33. The van der Waals surface area contributed by atoms with Crippen LogP contribution in [0.3, 0.4) is 0 Å². The molecule has 0 fully saturated rings. The molecule has 1 atom stereocenters. The molecule has 150 valence electrons. The first-order valence-corrected chi connectivity index (χ1v) is 9.40. The van der Waals surface area contributed by atoms with Crippen molar-refractivity contribution in [1.29, 1.82) is 0 Å². The van der Waals surface area contributed by atoms with Crippen molar-refractivity contribution in [3.05, 3.63) is 89.7 Å². The van der Waals surface area contributed by atoms with Crippen LogP contribution in [0.2, 0.25) is 0 Å². The molecule has 0 saturated carbocycles. The zero-order valence-electron chi connectivity index (χ0n) is 16.2. The number of carbonyl (C=O) groups excluding carboxylic acids is 2. The van der Waals surface area contributed by atoms with E-state index in [2.05, 4.69) is 15.7 Å². The molecule has 29 heavy (non-hydrogen) atoms. The summed E-state index contributed by atoms with van der Waals surface area (Å²) < 4.78 is 6.98. The predicted molar refractivity (Wildman–Crippen MR) is 109 cm³/mol. The van der Waals surface area contributed by atoms with E-state index in [9.17, 15) is 9.59 Å². The first-order valence-electron chi connectivity index (χ1n) is 9.40. The van der Waals surface area contributed by atoms with Gasteiger partial charge in [-0.1, -0.05) is 54.6 Å². The average Bonchev–Trinajstić information content (AvgIpc) is 3.25. The van der Waals surface area contributed by atoms with Crippen molar-refractivity contribution in [1.82, 2.24) is 20.4 Å². The van der Waals surface area contributed by atoms with Gasteiger partial charge in [0, 0.05) is 18.9 Å². The average molecular weight is 392 g/mol. The minimum Gasteiger partial charge on any atom is -0.445 e. The van der Waals surface area contributed by atoms with E-state index in [-0.39, 0.29) is 12.5 Å². The number of carbonyl (C=O) groups is 2. The number of aromatic nitrogens is 2. The van der Waals surface area contributed by atoms with Gasteiger partial charge in [0.05, 0.1) is 6.54 Å². The molecule has 3 aromatic rings. The summed E-state index contributed by atoms with van der Waals surface area (Å²) in [5, 5.41) is 9.54. The lowest BCUT2D eigenvalue weighted by atomic mass is 10.1. The van der Waals surface area contributed by atoms with E-state index in [1.54, 1.807) is 13.1 Å². The van der Waals surface area contributed by atoms with Crippen LogP contribution in [0.5, 0.6) is 0 Å². The minimum absolute atomic E-state index is 0.159. The van der Waals surface area contributed by atoms with Gasteiger partial charge in [0.25, 0.3) is 0 Å². The normalized spacial score (nSPS) is 11.5. The van der Waals surface area contributed by atoms with Crippen LogP contribution in [0.1, 0.15) is 23.6 Å². The molecular weight excluding hydrogens is 368 g/mol. The van der Waals surface area contributed by atoms with Crippen molar-refractivity contribution >= 4 is 12.0 Å². The summed E-state index contributed by atoms with van der Waals surface area (Å²) in [6.45, 7) is 2.86. The molecule has 0 aliphatic rings. The van der Waals surface area contributed by atoms with Crippen LogP contribution in [-0.2, 0) is 29.2 Å². The Hall–Kier alpha value is -3.61. The second-order valence-electron chi connectivity index (χ2n) is 6.67. The Morgan fingerprint density at radius 3 is 2.41 bits per heavy atom. The van der Waals surface area contributed by atoms with Crippen LogP contribution < -0.4 is 10.6 Å².